The molecule has 0 aliphatic heterocycles. The molecule has 2 rings (SSSR count). The van der Waals surface area contributed by atoms with E-state index in [0.717, 1.165) is 36.9 Å². The molecule has 0 aliphatic rings. The summed E-state index contributed by atoms with van der Waals surface area (Å²) in [5, 5.41) is 28.4. The van der Waals surface area contributed by atoms with Crippen LogP contribution in [0.5, 0.6) is 0 Å². The molecule has 0 saturated heterocycles. The van der Waals surface area contributed by atoms with E-state index in [1.807, 2.05) is 26.1 Å². The van der Waals surface area contributed by atoms with Crippen LogP contribution in [-0.2, 0) is 48.0 Å². The smallest absolute Gasteiger partial charge is 0.355 e. The van der Waals surface area contributed by atoms with Gasteiger partial charge >= 0.3 is 16.5 Å². The molecule has 2 atom stereocenters. The Balaban J connectivity index is 0. The minimum Gasteiger partial charge on any atom is -0.355 e. The number of nitro benzene ring substituents is 1. The Hall–Kier alpha value is -1.99. The molecular weight excluding hydrogens is 616 g/mol. The molecule has 13 heteroatoms. The van der Waals surface area contributed by atoms with E-state index in [0.29, 0.717) is 44.8 Å². The predicted molar refractivity (Wildman–Crippen MR) is 167 cm³/mol. The molecule has 0 N–H and O–H groups in total. The quantitative estimate of drug-likeness (QED) is 0.0265. The summed E-state index contributed by atoms with van der Waals surface area (Å²) < 4.78 is 23.4. The van der Waals surface area contributed by atoms with Gasteiger partial charge < -0.3 is 32.4 Å². The number of ether oxygens (including phenoxy) is 2. The third kappa shape index (κ3) is 22.2. The fraction of sp³-hybridized carbons (Fsp3) is 0.633. The molecule has 0 spiro atoms. The van der Waals surface area contributed by atoms with Gasteiger partial charge in [-0.25, -0.2) is 4.68 Å². The third-order valence-electron chi connectivity index (χ3n) is 5.31. The second-order valence-electron chi connectivity index (χ2n) is 9.25. The van der Waals surface area contributed by atoms with Gasteiger partial charge in [-0.3, -0.25) is 10.1 Å². The van der Waals surface area contributed by atoms with E-state index < -0.39 is 11.0 Å². The van der Waals surface area contributed by atoms with E-state index in [-0.39, 0.29) is 38.0 Å². The molecule has 1 aromatic heterocycles. The van der Waals surface area contributed by atoms with Crippen molar-refractivity contribution in [1.29, 1.82) is 5.26 Å². The normalized spacial score (nSPS) is 11.1. The second kappa shape index (κ2) is 30.1. The topological polar surface area (TPSA) is 135 Å². The van der Waals surface area contributed by atoms with Crippen molar-refractivity contribution in [1.82, 2.24) is 15.0 Å². The van der Waals surface area contributed by atoms with Gasteiger partial charge in [-0.05, 0) is 37.8 Å². The molecule has 1 heterocycles. The van der Waals surface area contributed by atoms with Crippen LogP contribution in [0.25, 0.3) is 0 Å². The van der Waals surface area contributed by atoms with Gasteiger partial charge in [0.25, 0.3) is 5.69 Å². The van der Waals surface area contributed by atoms with Crippen LogP contribution in [0.4, 0.5) is 5.69 Å². The van der Waals surface area contributed by atoms with Crippen molar-refractivity contribution in [2.75, 3.05) is 26.6 Å². The summed E-state index contributed by atoms with van der Waals surface area (Å²) in [6, 6.07) is 7.02. The number of nitriles is 1. The van der Waals surface area contributed by atoms with E-state index in [1.54, 1.807) is 23.7 Å². The fourth-order valence-corrected chi connectivity index (χ4v) is 3.89. The van der Waals surface area contributed by atoms with Crippen LogP contribution in [0.2, 0.25) is 0 Å². The molecule has 11 nitrogen and oxygen atoms in total. The summed E-state index contributed by atoms with van der Waals surface area (Å²) in [6.45, 7) is 16.7. The fourth-order valence-electron chi connectivity index (χ4n) is 3.40. The van der Waals surface area contributed by atoms with Gasteiger partial charge in [0.1, 0.15) is 6.79 Å². The van der Waals surface area contributed by atoms with Crippen LogP contribution >= 0.6 is 9.03 Å². The Bertz CT molecular complexity index is 990. The van der Waals surface area contributed by atoms with Gasteiger partial charge in [-0.15, -0.1) is 5.10 Å². The van der Waals surface area contributed by atoms with E-state index >= 15 is 0 Å². The van der Waals surface area contributed by atoms with Gasteiger partial charge in [-0.2, -0.15) is 18.1 Å². The van der Waals surface area contributed by atoms with Crippen LogP contribution in [0.15, 0.2) is 24.4 Å². The Morgan fingerprint density at radius 1 is 1.09 bits per heavy atom. The van der Waals surface area contributed by atoms with E-state index in [4.69, 9.17) is 23.8 Å². The van der Waals surface area contributed by atoms with Crippen molar-refractivity contribution in [2.24, 2.45) is 0 Å². The number of benzene rings is 1. The number of unbranched alkanes of at least 4 members (excludes halogenated alkanes) is 3. The average molecular weight is 666 g/mol. The zero-order valence-electron chi connectivity index (χ0n) is 26.2. The number of aromatic nitrogens is 3. The molecule has 0 radical (unpaired) electrons. The molecule has 0 fully saturated rings. The standard InChI is InChI=1S/C24H36N5O6P.2C3H7.Ni/c1-3-4-5-6-9-22-18-28(27-26-22)17-21-10-11-24(29(30)31)23(16-21)20(2)33-19-32-13-8-15-35-36-34-14-7-12-25;2*1-3-2;/h10-11,16,18,20,36H,3-9,13-15,17,19H2,1-2H3;2*1,3H2,2H3;/q;2*-1;+2. The molecular formula is C30H50N5NiO6P. The molecule has 0 aliphatic carbocycles. The van der Waals surface area contributed by atoms with Crippen molar-refractivity contribution < 1.29 is 39.9 Å². The van der Waals surface area contributed by atoms with E-state index in [1.165, 1.54) is 25.3 Å². The molecule has 0 amide bonds. The van der Waals surface area contributed by atoms with Crippen molar-refractivity contribution in [2.45, 2.75) is 98.1 Å². The number of nitro groups is 1. The predicted octanol–water partition coefficient (Wildman–Crippen LogP) is 7.71. The summed E-state index contributed by atoms with van der Waals surface area (Å²) >= 11 is 0. The van der Waals surface area contributed by atoms with Crippen molar-refractivity contribution in [3.63, 3.8) is 0 Å². The van der Waals surface area contributed by atoms with Crippen molar-refractivity contribution >= 4 is 14.7 Å². The van der Waals surface area contributed by atoms with Crippen LogP contribution in [0, 0.1) is 35.3 Å². The van der Waals surface area contributed by atoms with Crippen molar-refractivity contribution in [3.05, 3.63) is 65.2 Å². The first kappa shape index (κ1) is 43.1. The van der Waals surface area contributed by atoms with E-state index in [9.17, 15) is 10.1 Å². The average Bonchev–Trinajstić information content (AvgIpc) is 3.41. The summed E-state index contributed by atoms with van der Waals surface area (Å²) in [5.41, 5.74) is 2.33. The first-order valence-electron chi connectivity index (χ1n) is 14.7. The summed E-state index contributed by atoms with van der Waals surface area (Å²) in [7, 11) is -0.0960. The number of aryl methyl sites for hydroxylation is 1. The maximum absolute atomic E-state index is 11.6. The Labute approximate surface area is 270 Å². The van der Waals surface area contributed by atoms with Gasteiger partial charge in [0.2, 0.25) is 0 Å². The largest absolute Gasteiger partial charge is 2.00 e. The molecule has 43 heavy (non-hydrogen) atoms. The van der Waals surface area contributed by atoms with Crippen LogP contribution in [0.1, 0.15) is 102 Å². The summed E-state index contributed by atoms with van der Waals surface area (Å²) in [6.07, 6.45) is 10.0. The minimum absolute atomic E-state index is 0. The Morgan fingerprint density at radius 2 is 1.79 bits per heavy atom. The van der Waals surface area contributed by atoms with Gasteiger partial charge in [0.05, 0.1) is 61.1 Å². The van der Waals surface area contributed by atoms with Crippen LogP contribution < -0.4 is 0 Å². The number of nitrogens with zero attached hydrogens (tertiary/aromatic N) is 5. The first-order valence-corrected chi connectivity index (χ1v) is 15.5. The van der Waals surface area contributed by atoms with Gasteiger partial charge in [-0.1, -0.05) is 51.3 Å². The molecule has 246 valence electrons. The van der Waals surface area contributed by atoms with Gasteiger partial charge in [0, 0.05) is 12.3 Å². The monoisotopic (exact) mass is 665 g/mol. The first-order chi connectivity index (χ1) is 20.4. The zero-order valence-corrected chi connectivity index (χ0v) is 28.2. The van der Waals surface area contributed by atoms with Crippen LogP contribution in [-0.4, -0.2) is 46.5 Å². The SMILES string of the molecule is CCCCCCc1cn(Cc2ccc([N+](=O)[O-])c(C(C)OCOCCCOPOCCC#N)c2)nn1.[CH2-]CC.[CH2-]CC.[Ni+2]. The second-order valence-corrected chi connectivity index (χ2v) is 9.99. The molecule has 0 saturated carbocycles. The van der Waals surface area contributed by atoms with E-state index in [2.05, 4.69) is 31.1 Å². The number of hydrogen-bond acceptors (Lipinski definition) is 9. The summed E-state index contributed by atoms with van der Waals surface area (Å²) in [5.74, 6) is 0. The summed E-state index contributed by atoms with van der Waals surface area (Å²) in [4.78, 5) is 11.2. The number of rotatable bonds is 20. The maximum Gasteiger partial charge on any atom is 2.00 e. The van der Waals surface area contributed by atoms with Gasteiger partial charge in [0.15, 0.2) is 9.03 Å². The minimum atomic E-state index is -0.526. The Kier molecular flexibility index (Phi) is 30.2. The van der Waals surface area contributed by atoms with Crippen molar-refractivity contribution in [3.8, 4) is 6.07 Å². The van der Waals surface area contributed by atoms with Crippen LogP contribution in [0.3, 0.4) is 0 Å². The molecule has 1 aromatic carbocycles. The third-order valence-corrected chi connectivity index (χ3v) is 5.96. The molecule has 0 bridgehead atoms. The number of hydrogen-bond donors (Lipinski definition) is 0. The Morgan fingerprint density at radius 3 is 2.44 bits per heavy atom. The molecule has 2 aromatic rings. The maximum atomic E-state index is 11.6. The molecule has 2 unspecified atom stereocenters. The zero-order chi connectivity index (χ0) is 31.4.